The molecule has 2 N–H and O–H groups in total. The Balaban J connectivity index is 2.25. The zero-order valence-corrected chi connectivity index (χ0v) is 8.37. The summed E-state index contributed by atoms with van der Waals surface area (Å²) in [6.07, 6.45) is 5.86. The molecule has 4 nitrogen and oxygen atoms in total. The van der Waals surface area contributed by atoms with Crippen molar-refractivity contribution in [3.8, 4) is 10.6 Å². The van der Waals surface area contributed by atoms with Crippen LogP contribution in [0.3, 0.4) is 0 Å². The van der Waals surface area contributed by atoms with E-state index < -0.39 is 0 Å². The van der Waals surface area contributed by atoms with Crippen LogP contribution >= 0.6 is 11.3 Å². The molecule has 0 radical (unpaired) electrons. The SMILES string of the molecule is NCCc1csc(-c2cncnc2)n1. The average Bonchev–Trinajstić information content (AvgIpc) is 2.68. The minimum atomic E-state index is 0.633. The smallest absolute Gasteiger partial charge is 0.126 e. The number of nitrogens with zero attached hydrogens (tertiary/aromatic N) is 3. The molecule has 2 aromatic heterocycles. The van der Waals surface area contributed by atoms with Gasteiger partial charge in [0.25, 0.3) is 0 Å². The molecule has 5 heteroatoms. The molecule has 0 aliphatic carbocycles. The Morgan fingerprint density at radius 2 is 2.07 bits per heavy atom. The van der Waals surface area contributed by atoms with E-state index in [1.165, 1.54) is 6.33 Å². The molecule has 0 bridgehead atoms. The lowest BCUT2D eigenvalue weighted by Gasteiger charge is -1.92. The van der Waals surface area contributed by atoms with Gasteiger partial charge in [0, 0.05) is 29.8 Å². The van der Waals surface area contributed by atoms with E-state index >= 15 is 0 Å². The summed E-state index contributed by atoms with van der Waals surface area (Å²) in [6, 6.07) is 0. The predicted molar refractivity (Wildman–Crippen MR) is 55.9 cm³/mol. The van der Waals surface area contributed by atoms with Gasteiger partial charge >= 0.3 is 0 Å². The maximum absolute atomic E-state index is 5.45. The molecule has 0 unspecified atom stereocenters. The summed E-state index contributed by atoms with van der Waals surface area (Å²) in [5.74, 6) is 0. The van der Waals surface area contributed by atoms with Gasteiger partial charge in [0.1, 0.15) is 11.3 Å². The van der Waals surface area contributed by atoms with Gasteiger partial charge < -0.3 is 5.73 Å². The third-order valence-corrected chi connectivity index (χ3v) is 2.70. The molecule has 14 heavy (non-hydrogen) atoms. The lowest BCUT2D eigenvalue weighted by atomic mass is 10.3. The average molecular weight is 206 g/mol. The van der Waals surface area contributed by atoms with Gasteiger partial charge in [-0.1, -0.05) is 0 Å². The molecular weight excluding hydrogens is 196 g/mol. The monoisotopic (exact) mass is 206 g/mol. The first-order valence-corrected chi connectivity index (χ1v) is 5.18. The van der Waals surface area contributed by atoms with Crippen molar-refractivity contribution in [2.75, 3.05) is 6.54 Å². The van der Waals surface area contributed by atoms with E-state index in [1.54, 1.807) is 23.7 Å². The van der Waals surface area contributed by atoms with Crippen LogP contribution in [0.4, 0.5) is 0 Å². The van der Waals surface area contributed by atoms with Crippen molar-refractivity contribution in [2.24, 2.45) is 5.73 Å². The number of rotatable bonds is 3. The summed E-state index contributed by atoms with van der Waals surface area (Å²) in [6.45, 7) is 0.633. The molecule has 2 rings (SSSR count). The van der Waals surface area contributed by atoms with Gasteiger partial charge in [-0.05, 0) is 6.54 Å². The molecule has 0 amide bonds. The fourth-order valence-electron chi connectivity index (χ4n) is 1.11. The van der Waals surface area contributed by atoms with Crippen LogP contribution in [0, 0.1) is 0 Å². The molecule has 0 saturated heterocycles. The van der Waals surface area contributed by atoms with E-state index in [0.29, 0.717) is 6.54 Å². The Morgan fingerprint density at radius 1 is 1.29 bits per heavy atom. The Hall–Kier alpha value is -1.33. The van der Waals surface area contributed by atoms with Gasteiger partial charge in [0.15, 0.2) is 0 Å². The van der Waals surface area contributed by atoms with E-state index in [0.717, 1.165) is 22.7 Å². The van der Waals surface area contributed by atoms with Gasteiger partial charge in [0.2, 0.25) is 0 Å². The number of hydrogen-bond acceptors (Lipinski definition) is 5. The van der Waals surface area contributed by atoms with Crippen LogP contribution < -0.4 is 5.73 Å². The van der Waals surface area contributed by atoms with Gasteiger partial charge in [-0.3, -0.25) is 0 Å². The highest BCUT2D eigenvalue weighted by atomic mass is 32.1. The van der Waals surface area contributed by atoms with Crippen molar-refractivity contribution in [3.05, 3.63) is 29.8 Å². The predicted octanol–water partition coefficient (Wildman–Crippen LogP) is 1.10. The minimum Gasteiger partial charge on any atom is -0.330 e. The zero-order valence-electron chi connectivity index (χ0n) is 7.55. The Kier molecular flexibility index (Phi) is 2.81. The lowest BCUT2D eigenvalue weighted by molar-refractivity contribution is 0.936. The molecule has 0 atom stereocenters. The molecule has 0 aliphatic rings. The van der Waals surface area contributed by atoms with Crippen molar-refractivity contribution < 1.29 is 0 Å². The van der Waals surface area contributed by atoms with E-state index in [1.807, 2.05) is 5.38 Å². The fraction of sp³-hybridized carbons (Fsp3) is 0.222. The summed E-state index contributed by atoms with van der Waals surface area (Å²) in [5, 5.41) is 2.98. The quantitative estimate of drug-likeness (QED) is 0.816. The standard InChI is InChI=1S/C9H10N4S/c10-2-1-8-5-14-9(13-8)7-3-11-6-12-4-7/h3-6H,1-2,10H2. The molecular formula is C9H10N4S. The number of aromatic nitrogens is 3. The van der Waals surface area contributed by atoms with Crippen LogP contribution in [0.15, 0.2) is 24.1 Å². The summed E-state index contributed by atoms with van der Waals surface area (Å²) in [5.41, 5.74) is 7.45. The van der Waals surface area contributed by atoms with Crippen molar-refractivity contribution in [1.82, 2.24) is 15.0 Å². The minimum absolute atomic E-state index is 0.633. The van der Waals surface area contributed by atoms with Gasteiger partial charge in [-0.25, -0.2) is 15.0 Å². The van der Waals surface area contributed by atoms with Gasteiger partial charge in [0.05, 0.1) is 5.69 Å². The van der Waals surface area contributed by atoms with Crippen LogP contribution in [0.2, 0.25) is 0 Å². The molecule has 0 spiro atoms. The summed E-state index contributed by atoms with van der Waals surface area (Å²) >= 11 is 1.60. The highest BCUT2D eigenvalue weighted by Gasteiger charge is 2.03. The normalized spacial score (nSPS) is 10.4. The van der Waals surface area contributed by atoms with Crippen molar-refractivity contribution in [3.63, 3.8) is 0 Å². The Bertz CT molecular complexity index is 398. The highest BCUT2D eigenvalue weighted by molar-refractivity contribution is 7.13. The lowest BCUT2D eigenvalue weighted by Crippen LogP contribution is -2.02. The largest absolute Gasteiger partial charge is 0.330 e. The zero-order chi connectivity index (χ0) is 9.80. The first-order valence-electron chi connectivity index (χ1n) is 4.30. The topological polar surface area (TPSA) is 64.7 Å². The van der Waals surface area contributed by atoms with Crippen molar-refractivity contribution >= 4 is 11.3 Å². The first kappa shape index (κ1) is 9.23. The Morgan fingerprint density at radius 3 is 2.79 bits per heavy atom. The number of nitrogens with two attached hydrogens (primary N) is 1. The third-order valence-electron chi connectivity index (χ3n) is 1.76. The fourth-order valence-corrected chi connectivity index (χ4v) is 1.94. The van der Waals surface area contributed by atoms with E-state index in [2.05, 4.69) is 15.0 Å². The second-order valence-corrected chi connectivity index (χ2v) is 3.67. The first-order chi connectivity index (χ1) is 6.90. The molecule has 0 saturated carbocycles. The molecule has 2 heterocycles. The van der Waals surface area contributed by atoms with Crippen molar-refractivity contribution in [2.45, 2.75) is 6.42 Å². The highest BCUT2D eigenvalue weighted by Crippen LogP contribution is 2.21. The van der Waals surface area contributed by atoms with Crippen LogP contribution in [0.5, 0.6) is 0 Å². The van der Waals surface area contributed by atoms with Crippen LogP contribution in [0.25, 0.3) is 10.6 Å². The molecule has 0 fully saturated rings. The Labute approximate surface area is 85.9 Å². The van der Waals surface area contributed by atoms with Gasteiger partial charge in [-0.2, -0.15) is 0 Å². The van der Waals surface area contributed by atoms with E-state index in [-0.39, 0.29) is 0 Å². The van der Waals surface area contributed by atoms with E-state index in [4.69, 9.17) is 5.73 Å². The molecule has 72 valence electrons. The molecule has 2 aromatic rings. The number of hydrogen-bond donors (Lipinski definition) is 1. The summed E-state index contributed by atoms with van der Waals surface area (Å²) in [7, 11) is 0. The van der Waals surface area contributed by atoms with Gasteiger partial charge in [-0.15, -0.1) is 11.3 Å². The second-order valence-electron chi connectivity index (χ2n) is 2.81. The number of thiazole rings is 1. The summed E-state index contributed by atoms with van der Waals surface area (Å²) in [4.78, 5) is 12.3. The molecule has 0 aromatic carbocycles. The van der Waals surface area contributed by atoms with Crippen LogP contribution in [-0.2, 0) is 6.42 Å². The summed E-state index contributed by atoms with van der Waals surface area (Å²) < 4.78 is 0. The second kappa shape index (κ2) is 4.26. The maximum Gasteiger partial charge on any atom is 0.126 e. The van der Waals surface area contributed by atoms with Crippen LogP contribution in [0.1, 0.15) is 5.69 Å². The van der Waals surface area contributed by atoms with Crippen LogP contribution in [-0.4, -0.2) is 21.5 Å². The third kappa shape index (κ3) is 1.94. The molecule has 0 aliphatic heterocycles. The van der Waals surface area contributed by atoms with E-state index in [9.17, 15) is 0 Å². The van der Waals surface area contributed by atoms with Crippen molar-refractivity contribution in [1.29, 1.82) is 0 Å². The maximum atomic E-state index is 5.45.